The lowest BCUT2D eigenvalue weighted by molar-refractivity contribution is -0.349. The Morgan fingerprint density at radius 3 is 2.33 bits per heavy atom. The summed E-state index contributed by atoms with van der Waals surface area (Å²) in [4.78, 5) is 12.8. The third-order valence-electron chi connectivity index (χ3n) is 7.32. The molecule has 2 saturated heterocycles. The number of hydrogen-bond donors (Lipinski definition) is 7. The quantitative estimate of drug-likeness (QED) is 0.228. The van der Waals surface area contributed by atoms with Crippen LogP contribution < -0.4 is 9.47 Å². The van der Waals surface area contributed by atoms with Gasteiger partial charge in [-0.2, -0.15) is 0 Å². The summed E-state index contributed by atoms with van der Waals surface area (Å²) in [7, 11) is 0. The number of aliphatic hydroxyl groups is 6. The Hall–Kier alpha value is -2.85. The third kappa shape index (κ3) is 5.40. The molecule has 0 bridgehead atoms. The van der Waals surface area contributed by atoms with E-state index in [0.29, 0.717) is 0 Å². The molecule has 3 aliphatic heterocycles. The minimum absolute atomic E-state index is 0.0176. The Kier molecular flexibility index (Phi) is 8.29. The summed E-state index contributed by atoms with van der Waals surface area (Å²) >= 11 is 0. The monoisotopic (exact) mass is 564 g/mol. The van der Waals surface area contributed by atoms with E-state index in [1.54, 1.807) is 0 Å². The van der Waals surface area contributed by atoms with Crippen LogP contribution >= 0.6 is 0 Å². The molecule has 0 radical (unpaired) electrons. The number of ether oxygens (including phenoxy) is 5. The number of ketones is 1. The van der Waals surface area contributed by atoms with Crippen molar-refractivity contribution in [2.75, 3.05) is 6.61 Å². The van der Waals surface area contributed by atoms with Crippen molar-refractivity contribution in [3.8, 4) is 17.2 Å². The van der Waals surface area contributed by atoms with Crippen molar-refractivity contribution in [1.82, 2.24) is 0 Å². The number of aliphatic hydroxyl groups excluding tert-OH is 6. The lowest BCUT2D eigenvalue weighted by Gasteiger charge is -2.45. The first-order valence-electron chi connectivity index (χ1n) is 12.8. The second kappa shape index (κ2) is 11.6. The van der Waals surface area contributed by atoms with E-state index in [0.717, 1.165) is 11.6 Å². The van der Waals surface area contributed by atoms with Gasteiger partial charge in [0.05, 0.1) is 19.1 Å². The number of benzene rings is 2. The first-order valence-corrected chi connectivity index (χ1v) is 12.8. The summed E-state index contributed by atoms with van der Waals surface area (Å²) in [6.07, 6.45) is -15.6. The van der Waals surface area contributed by atoms with Gasteiger partial charge in [-0.25, -0.2) is 0 Å². The zero-order valence-electron chi connectivity index (χ0n) is 21.4. The number of carbonyl (C=O) groups is 1. The lowest BCUT2D eigenvalue weighted by Crippen LogP contribution is -2.64. The first-order chi connectivity index (χ1) is 19.1. The van der Waals surface area contributed by atoms with Gasteiger partial charge in [0, 0.05) is 12.1 Å². The standard InChI is InChI=1S/C27H32O13/c1-11-20(31)22(33)23(34)26(36-11)40-25-21(32)18(10-28)39-27(24(25)35)37-13-7-14(29)19-15(30)9-16(38-17(19)8-13)12-5-3-2-4-6-12/h2-8,11,16,18,20-29,31-35H,9-10H2,1H3/t11-,16-,18+,20-,21+,22+,23+,24+,25-,26-,27-/m0/s1. The zero-order valence-corrected chi connectivity index (χ0v) is 21.4. The molecule has 2 aromatic carbocycles. The molecule has 40 heavy (non-hydrogen) atoms. The van der Waals surface area contributed by atoms with Crippen LogP contribution in [0.2, 0.25) is 0 Å². The van der Waals surface area contributed by atoms with Crippen molar-refractivity contribution in [2.24, 2.45) is 0 Å². The fraction of sp³-hybridized carbons (Fsp3) is 0.519. The van der Waals surface area contributed by atoms with E-state index in [1.165, 1.54) is 13.0 Å². The van der Waals surface area contributed by atoms with Gasteiger partial charge in [0.15, 0.2) is 12.1 Å². The smallest absolute Gasteiger partial charge is 0.229 e. The number of phenols is 1. The van der Waals surface area contributed by atoms with Gasteiger partial charge in [-0.3, -0.25) is 4.79 Å². The highest BCUT2D eigenvalue weighted by molar-refractivity contribution is 6.02. The highest BCUT2D eigenvalue weighted by Crippen LogP contribution is 2.42. The van der Waals surface area contributed by atoms with Gasteiger partial charge in [0.1, 0.15) is 71.6 Å². The number of rotatable bonds is 6. The number of hydrogen-bond acceptors (Lipinski definition) is 13. The molecular weight excluding hydrogens is 532 g/mol. The maximum absolute atomic E-state index is 12.8. The zero-order chi connectivity index (χ0) is 28.7. The third-order valence-corrected chi connectivity index (χ3v) is 7.32. The number of fused-ring (bicyclic) bond motifs is 1. The van der Waals surface area contributed by atoms with E-state index in [4.69, 9.17) is 23.7 Å². The van der Waals surface area contributed by atoms with Crippen molar-refractivity contribution < 1.29 is 64.2 Å². The largest absolute Gasteiger partial charge is 0.507 e. The molecule has 0 unspecified atom stereocenters. The molecule has 13 nitrogen and oxygen atoms in total. The van der Waals surface area contributed by atoms with Gasteiger partial charge in [-0.1, -0.05) is 30.3 Å². The molecule has 3 heterocycles. The lowest BCUT2D eigenvalue weighted by atomic mass is 9.95. The van der Waals surface area contributed by atoms with Crippen LogP contribution in [-0.2, 0) is 14.2 Å². The molecule has 2 fully saturated rings. The van der Waals surface area contributed by atoms with E-state index in [9.17, 15) is 40.5 Å². The number of Topliss-reactive ketones (excluding diaryl/α,β-unsaturated/α-hetero) is 1. The molecule has 0 aromatic heterocycles. The molecule has 13 heteroatoms. The van der Waals surface area contributed by atoms with Crippen molar-refractivity contribution in [1.29, 1.82) is 0 Å². The van der Waals surface area contributed by atoms with Crippen LogP contribution in [-0.4, -0.2) is 110 Å². The molecule has 0 aliphatic carbocycles. The predicted octanol–water partition coefficient (Wildman–Crippen LogP) is -0.871. The molecular formula is C27H32O13. The highest BCUT2D eigenvalue weighted by atomic mass is 16.7. The van der Waals surface area contributed by atoms with Crippen molar-refractivity contribution >= 4 is 5.78 Å². The van der Waals surface area contributed by atoms with Crippen LogP contribution in [0.5, 0.6) is 17.2 Å². The Morgan fingerprint density at radius 2 is 1.62 bits per heavy atom. The Morgan fingerprint density at radius 1 is 0.900 bits per heavy atom. The van der Waals surface area contributed by atoms with Crippen LogP contribution in [0.15, 0.2) is 42.5 Å². The summed E-state index contributed by atoms with van der Waals surface area (Å²) < 4.78 is 28.3. The van der Waals surface area contributed by atoms with E-state index in [1.807, 2.05) is 30.3 Å². The maximum atomic E-state index is 12.8. The van der Waals surface area contributed by atoms with Gasteiger partial charge in [0.2, 0.25) is 6.29 Å². The molecule has 218 valence electrons. The molecule has 0 amide bonds. The summed E-state index contributed by atoms with van der Waals surface area (Å²) in [6.45, 7) is 0.734. The highest BCUT2D eigenvalue weighted by Gasteiger charge is 2.51. The Labute approximate surface area is 228 Å². The second-order valence-electron chi connectivity index (χ2n) is 10.1. The van der Waals surface area contributed by atoms with Crippen molar-refractivity contribution in [3.63, 3.8) is 0 Å². The average Bonchev–Trinajstić information content (AvgIpc) is 2.94. The number of phenolic OH excluding ortho intramolecular Hbond substituents is 1. The summed E-state index contributed by atoms with van der Waals surface area (Å²) in [5.41, 5.74) is 0.741. The molecule has 11 atom stereocenters. The first kappa shape index (κ1) is 28.7. The van der Waals surface area contributed by atoms with Gasteiger partial charge in [-0.05, 0) is 12.5 Å². The fourth-order valence-corrected chi connectivity index (χ4v) is 5.06. The maximum Gasteiger partial charge on any atom is 0.229 e. The normalized spacial score (nSPS) is 37.9. The molecule has 3 aliphatic rings. The summed E-state index contributed by atoms with van der Waals surface area (Å²) in [5.74, 6) is -0.759. The van der Waals surface area contributed by atoms with Crippen LogP contribution in [0, 0.1) is 0 Å². The minimum Gasteiger partial charge on any atom is -0.507 e. The van der Waals surface area contributed by atoms with Gasteiger partial charge < -0.3 is 59.4 Å². The van der Waals surface area contributed by atoms with Gasteiger partial charge in [-0.15, -0.1) is 0 Å². The summed E-state index contributed by atoms with van der Waals surface area (Å²) in [6, 6.07) is 11.6. The van der Waals surface area contributed by atoms with E-state index in [-0.39, 0.29) is 29.3 Å². The molecule has 0 spiro atoms. The average molecular weight is 565 g/mol. The predicted molar refractivity (Wildman–Crippen MR) is 132 cm³/mol. The molecule has 7 N–H and O–H groups in total. The SMILES string of the molecule is C[C@@H]1O[C@@H](O[C@@H]2[C@@H](O)[C@@H](Oc3cc(O)c4c(c3)O[C@H](c3ccccc3)CC4=O)O[C@H](CO)[C@H]2O)[C@H](O)[C@H](O)[C@H]1O. The van der Waals surface area contributed by atoms with Crippen molar-refractivity contribution in [3.05, 3.63) is 53.6 Å². The van der Waals surface area contributed by atoms with Crippen LogP contribution in [0.1, 0.15) is 35.4 Å². The molecule has 0 saturated carbocycles. The van der Waals surface area contributed by atoms with Crippen LogP contribution in [0.3, 0.4) is 0 Å². The van der Waals surface area contributed by atoms with Gasteiger partial charge >= 0.3 is 0 Å². The Bertz CT molecular complexity index is 1190. The molecule has 2 aromatic rings. The Balaban J connectivity index is 1.36. The minimum atomic E-state index is -1.73. The van der Waals surface area contributed by atoms with E-state index in [2.05, 4.69) is 0 Å². The number of aromatic hydroxyl groups is 1. The fourth-order valence-electron chi connectivity index (χ4n) is 5.06. The van der Waals surface area contributed by atoms with E-state index >= 15 is 0 Å². The summed E-state index contributed by atoms with van der Waals surface area (Å²) in [5, 5.41) is 72.4. The van der Waals surface area contributed by atoms with Crippen LogP contribution in [0.4, 0.5) is 0 Å². The van der Waals surface area contributed by atoms with Crippen molar-refractivity contribution in [2.45, 2.75) is 80.9 Å². The topological polar surface area (TPSA) is 205 Å². The molecule has 5 rings (SSSR count). The van der Waals surface area contributed by atoms with Crippen LogP contribution in [0.25, 0.3) is 0 Å². The van der Waals surface area contributed by atoms with Gasteiger partial charge in [0.25, 0.3) is 0 Å². The second-order valence-corrected chi connectivity index (χ2v) is 10.1. The number of carbonyl (C=O) groups excluding carboxylic acids is 1. The van der Waals surface area contributed by atoms with E-state index < -0.39 is 79.9 Å².